The number of ether oxygens (including phenoxy) is 1. The fourth-order valence-electron chi connectivity index (χ4n) is 1.74. The maximum atomic E-state index is 11.8. The van der Waals surface area contributed by atoms with Crippen molar-refractivity contribution in [3.8, 4) is 0 Å². The first-order valence-corrected chi connectivity index (χ1v) is 6.55. The van der Waals surface area contributed by atoms with Crippen LogP contribution in [0.4, 0.5) is 13.2 Å². The largest absolute Gasteiger partial charge is 0.411 e. The highest BCUT2D eigenvalue weighted by molar-refractivity contribution is 5.78. The summed E-state index contributed by atoms with van der Waals surface area (Å²) in [5, 5.41) is 0. The van der Waals surface area contributed by atoms with Gasteiger partial charge in [-0.1, -0.05) is 39.5 Å². The van der Waals surface area contributed by atoms with Gasteiger partial charge >= 0.3 is 6.18 Å². The molecule has 0 N–H and O–H groups in total. The Morgan fingerprint density at radius 1 is 1.28 bits per heavy atom. The molecule has 0 heterocycles. The summed E-state index contributed by atoms with van der Waals surface area (Å²) in [6.45, 7) is 2.73. The van der Waals surface area contributed by atoms with Crippen molar-refractivity contribution < 1.29 is 22.7 Å². The van der Waals surface area contributed by atoms with Crippen LogP contribution in [0, 0.1) is 5.92 Å². The van der Waals surface area contributed by atoms with Crippen LogP contribution in [0.2, 0.25) is 0 Å². The Kier molecular flexibility index (Phi) is 9.06. The third kappa shape index (κ3) is 10.6. The molecule has 108 valence electrons. The van der Waals surface area contributed by atoms with Crippen molar-refractivity contribution in [2.24, 2.45) is 5.92 Å². The molecule has 0 radical (unpaired) electrons. The molecule has 18 heavy (non-hydrogen) atoms. The second-order valence-corrected chi connectivity index (χ2v) is 4.58. The van der Waals surface area contributed by atoms with E-state index in [9.17, 15) is 18.0 Å². The summed E-state index contributed by atoms with van der Waals surface area (Å²) in [7, 11) is 0. The second kappa shape index (κ2) is 9.36. The van der Waals surface area contributed by atoms with E-state index in [0.29, 0.717) is 12.3 Å². The first-order valence-electron chi connectivity index (χ1n) is 6.55. The lowest BCUT2D eigenvalue weighted by atomic mass is 9.93. The van der Waals surface area contributed by atoms with Gasteiger partial charge in [-0.3, -0.25) is 4.79 Å². The van der Waals surface area contributed by atoms with Gasteiger partial charge in [0.05, 0.1) is 6.61 Å². The summed E-state index contributed by atoms with van der Waals surface area (Å²) in [4.78, 5) is 11.5. The lowest BCUT2D eigenvalue weighted by Crippen LogP contribution is -2.18. The zero-order valence-electron chi connectivity index (χ0n) is 11.2. The number of carbonyl (C=O) groups is 1. The van der Waals surface area contributed by atoms with Gasteiger partial charge in [-0.25, -0.2) is 0 Å². The van der Waals surface area contributed by atoms with Crippen molar-refractivity contribution in [3.63, 3.8) is 0 Å². The molecule has 0 amide bonds. The molecule has 0 aliphatic heterocycles. The van der Waals surface area contributed by atoms with Crippen LogP contribution in [-0.2, 0) is 9.53 Å². The number of halogens is 3. The zero-order chi connectivity index (χ0) is 14.0. The summed E-state index contributed by atoms with van der Waals surface area (Å²) < 4.78 is 39.7. The molecule has 0 bridgehead atoms. The van der Waals surface area contributed by atoms with Gasteiger partial charge in [0.25, 0.3) is 0 Å². The van der Waals surface area contributed by atoms with E-state index in [2.05, 4.69) is 11.7 Å². The van der Waals surface area contributed by atoms with E-state index >= 15 is 0 Å². The predicted molar refractivity (Wildman–Crippen MR) is 64.4 cm³/mol. The SMILES string of the molecule is CCCCC(CC)CC(=O)CCOCC(F)(F)F. The normalized spacial score (nSPS) is 13.6. The summed E-state index contributed by atoms with van der Waals surface area (Å²) in [5.74, 6) is 0.361. The Balaban J connectivity index is 3.68. The first-order chi connectivity index (χ1) is 8.39. The molecule has 0 rings (SSSR count). The fourth-order valence-corrected chi connectivity index (χ4v) is 1.74. The summed E-state index contributed by atoms with van der Waals surface area (Å²) in [6.07, 6.45) is 0.383. The lowest BCUT2D eigenvalue weighted by Gasteiger charge is -2.13. The van der Waals surface area contributed by atoms with Gasteiger partial charge in [0.2, 0.25) is 0 Å². The molecular weight excluding hydrogens is 245 g/mol. The Labute approximate surface area is 107 Å². The molecular formula is C13H23F3O2. The molecule has 0 aromatic rings. The highest BCUT2D eigenvalue weighted by atomic mass is 19.4. The quantitative estimate of drug-likeness (QED) is 0.557. The lowest BCUT2D eigenvalue weighted by molar-refractivity contribution is -0.174. The predicted octanol–water partition coefficient (Wildman–Crippen LogP) is 4.13. The minimum absolute atomic E-state index is 0.000118. The van der Waals surface area contributed by atoms with E-state index in [1.54, 1.807) is 0 Å². The summed E-state index contributed by atoms with van der Waals surface area (Å²) in [5.41, 5.74) is 0. The Hall–Kier alpha value is -0.580. The minimum atomic E-state index is -4.31. The monoisotopic (exact) mass is 268 g/mol. The van der Waals surface area contributed by atoms with Crippen LogP contribution >= 0.6 is 0 Å². The van der Waals surface area contributed by atoms with Gasteiger partial charge in [0.15, 0.2) is 0 Å². The van der Waals surface area contributed by atoms with Gasteiger partial charge in [-0.05, 0) is 5.92 Å². The number of carbonyl (C=O) groups excluding carboxylic acids is 1. The summed E-state index contributed by atoms with van der Waals surface area (Å²) in [6, 6.07) is 0. The number of unbranched alkanes of at least 4 members (excludes halogenated alkanes) is 1. The van der Waals surface area contributed by atoms with Crippen molar-refractivity contribution in [2.45, 2.75) is 58.5 Å². The fraction of sp³-hybridized carbons (Fsp3) is 0.923. The number of hydrogen-bond acceptors (Lipinski definition) is 2. The smallest absolute Gasteiger partial charge is 0.372 e. The van der Waals surface area contributed by atoms with Crippen molar-refractivity contribution >= 4 is 5.78 Å². The summed E-state index contributed by atoms with van der Waals surface area (Å²) >= 11 is 0. The van der Waals surface area contributed by atoms with Crippen LogP contribution in [0.25, 0.3) is 0 Å². The van der Waals surface area contributed by atoms with Crippen LogP contribution in [0.1, 0.15) is 52.4 Å². The molecule has 0 saturated carbocycles. The van der Waals surface area contributed by atoms with Crippen LogP contribution in [-0.4, -0.2) is 25.2 Å². The van der Waals surface area contributed by atoms with E-state index in [4.69, 9.17) is 0 Å². The Bertz CT molecular complexity index is 227. The van der Waals surface area contributed by atoms with Gasteiger partial charge in [0, 0.05) is 12.8 Å². The van der Waals surface area contributed by atoms with Gasteiger partial charge in [-0.15, -0.1) is 0 Å². The van der Waals surface area contributed by atoms with Crippen molar-refractivity contribution in [2.75, 3.05) is 13.2 Å². The van der Waals surface area contributed by atoms with Gasteiger partial charge in [-0.2, -0.15) is 13.2 Å². The maximum Gasteiger partial charge on any atom is 0.411 e. The maximum absolute atomic E-state index is 11.8. The minimum Gasteiger partial charge on any atom is -0.372 e. The van der Waals surface area contributed by atoms with Gasteiger partial charge in [0.1, 0.15) is 12.4 Å². The molecule has 0 aromatic carbocycles. The van der Waals surface area contributed by atoms with Crippen molar-refractivity contribution in [1.29, 1.82) is 0 Å². The topological polar surface area (TPSA) is 26.3 Å². The van der Waals surface area contributed by atoms with E-state index < -0.39 is 12.8 Å². The van der Waals surface area contributed by atoms with Crippen LogP contribution in [0.15, 0.2) is 0 Å². The average Bonchev–Trinajstić information content (AvgIpc) is 2.29. The number of hydrogen-bond donors (Lipinski definition) is 0. The molecule has 0 fully saturated rings. The Morgan fingerprint density at radius 2 is 1.94 bits per heavy atom. The van der Waals surface area contributed by atoms with Crippen LogP contribution in [0.3, 0.4) is 0 Å². The average molecular weight is 268 g/mol. The zero-order valence-corrected chi connectivity index (χ0v) is 11.2. The first kappa shape index (κ1) is 17.4. The van der Waals surface area contributed by atoms with Crippen molar-refractivity contribution in [1.82, 2.24) is 0 Å². The number of rotatable bonds is 10. The number of ketones is 1. The molecule has 0 saturated heterocycles. The molecule has 0 aliphatic carbocycles. The second-order valence-electron chi connectivity index (χ2n) is 4.58. The molecule has 2 nitrogen and oxygen atoms in total. The molecule has 1 atom stereocenters. The molecule has 0 aromatic heterocycles. The van der Waals surface area contributed by atoms with Crippen LogP contribution in [0.5, 0.6) is 0 Å². The Morgan fingerprint density at radius 3 is 2.44 bits per heavy atom. The van der Waals surface area contributed by atoms with Crippen LogP contribution < -0.4 is 0 Å². The van der Waals surface area contributed by atoms with E-state index in [1.807, 2.05) is 6.92 Å². The molecule has 0 spiro atoms. The van der Waals surface area contributed by atoms with E-state index in [-0.39, 0.29) is 18.8 Å². The van der Waals surface area contributed by atoms with Crippen molar-refractivity contribution in [3.05, 3.63) is 0 Å². The third-order valence-electron chi connectivity index (χ3n) is 2.85. The third-order valence-corrected chi connectivity index (χ3v) is 2.85. The molecule has 5 heteroatoms. The van der Waals surface area contributed by atoms with E-state index in [0.717, 1.165) is 25.7 Å². The van der Waals surface area contributed by atoms with Gasteiger partial charge < -0.3 is 4.74 Å². The number of Topliss-reactive ketones (excluding diaryl/α,β-unsaturated/α-hetero) is 1. The molecule has 1 unspecified atom stereocenters. The number of alkyl halides is 3. The highest BCUT2D eigenvalue weighted by Gasteiger charge is 2.27. The van der Waals surface area contributed by atoms with E-state index in [1.165, 1.54) is 0 Å². The molecule has 0 aliphatic rings. The highest BCUT2D eigenvalue weighted by Crippen LogP contribution is 2.18. The standard InChI is InChI=1S/C13H23F3O2/c1-3-5-6-11(4-2)9-12(17)7-8-18-10-13(14,15)16/h11H,3-10H2,1-2H3.